The van der Waals surface area contributed by atoms with Gasteiger partial charge in [-0.2, -0.15) is 0 Å². The number of halogens is 1. The van der Waals surface area contributed by atoms with Crippen LogP contribution in [0.3, 0.4) is 0 Å². The summed E-state index contributed by atoms with van der Waals surface area (Å²) in [5.41, 5.74) is -0.0722. The number of rotatable bonds is 5. The van der Waals surface area contributed by atoms with Gasteiger partial charge in [0.2, 0.25) is 10.0 Å². The van der Waals surface area contributed by atoms with Crippen molar-refractivity contribution in [3.8, 4) is 0 Å². The third kappa shape index (κ3) is 3.88. The molecule has 0 saturated carbocycles. The molecule has 2 N–H and O–H groups in total. The van der Waals surface area contributed by atoms with E-state index in [1.54, 1.807) is 0 Å². The van der Waals surface area contributed by atoms with Gasteiger partial charge in [-0.15, -0.1) is 0 Å². The van der Waals surface area contributed by atoms with E-state index in [2.05, 4.69) is 10.0 Å². The molecule has 0 aliphatic heterocycles. The van der Waals surface area contributed by atoms with Crippen molar-refractivity contribution in [3.63, 3.8) is 0 Å². The lowest BCUT2D eigenvalue weighted by Crippen LogP contribution is -2.20. The van der Waals surface area contributed by atoms with Crippen LogP contribution in [0.2, 0.25) is 5.02 Å². The van der Waals surface area contributed by atoms with Crippen molar-refractivity contribution in [1.29, 1.82) is 0 Å². The van der Waals surface area contributed by atoms with Gasteiger partial charge in [-0.1, -0.05) is 17.7 Å². The lowest BCUT2D eigenvalue weighted by atomic mass is 10.2. The Bertz CT molecular complexity index is 914. The van der Waals surface area contributed by atoms with Gasteiger partial charge in [0.15, 0.2) is 0 Å². The molecule has 2 aromatic carbocycles. The Kier molecular flexibility index (Phi) is 5.17. The van der Waals surface area contributed by atoms with Gasteiger partial charge in [-0.05, 0) is 31.3 Å². The van der Waals surface area contributed by atoms with Gasteiger partial charge < -0.3 is 5.32 Å². The summed E-state index contributed by atoms with van der Waals surface area (Å²) in [7, 11) is -2.50. The number of nitro groups is 1. The van der Waals surface area contributed by atoms with E-state index < -0.39 is 20.9 Å². The Balaban J connectivity index is 2.35. The molecule has 24 heavy (non-hydrogen) atoms. The quantitative estimate of drug-likeness (QED) is 0.619. The molecule has 0 fully saturated rings. The average Bonchev–Trinajstić information content (AvgIpc) is 2.55. The summed E-state index contributed by atoms with van der Waals surface area (Å²) in [5, 5.41) is 13.2. The van der Waals surface area contributed by atoms with Crippen LogP contribution in [0.15, 0.2) is 47.4 Å². The maximum Gasteiger partial charge on any atom is 0.271 e. The van der Waals surface area contributed by atoms with E-state index in [-0.39, 0.29) is 26.9 Å². The summed E-state index contributed by atoms with van der Waals surface area (Å²) >= 11 is 5.95. The molecule has 0 bridgehead atoms. The summed E-state index contributed by atoms with van der Waals surface area (Å²) < 4.78 is 25.7. The molecule has 2 rings (SSSR count). The third-order valence-electron chi connectivity index (χ3n) is 3.08. The molecule has 2 aromatic rings. The highest BCUT2D eigenvalue weighted by molar-refractivity contribution is 7.89. The SMILES string of the molecule is CNS(=O)(=O)c1ccc(Cl)c(C(=O)Nc2cccc([N+](=O)[O-])c2)c1. The number of nitro benzene ring substituents is 1. The fourth-order valence-corrected chi connectivity index (χ4v) is 2.82. The fourth-order valence-electron chi connectivity index (χ4n) is 1.86. The van der Waals surface area contributed by atoms with Crippen molar-refractivity contribution in [2.24, 2.45) is 0 Å². The second-order valence-corrected chi connectivity index (χ2v) is 6.90. The molecule has 0 aliphatic carbocycles. The summed E-state index contributed by atoms with van der Waals surface area (Å²) in [6, 6.07) is 9.01. The molecule has 0 unspecified atom stereocenters. The first-order valence-electron chi connectivity index (χ1n) is 6.53. The zero-order chi connectivity index (χ0) is 17.9. The predicted molar refractivity (Wildman–Crippen MR) is 88.7 cm³/mol. The summed E-state index contributed by atoms with van der Waals surface area (Å²) in [6.45, 7) is 0. The predicted octanol–water partition coefficient (Wildman–Crippen LogP) is 2.41. The van der Waals surface area contributed by atoms with Crippen LogP contribution in [-0.2, 0) is 10.0 Å². The molecule has 126 valence electrons. The number of amides is 1. The number of carbonyl (C=O) groups is 1. The average molecular weight is 370 g/mol. The number of hydrogen-bond donors (Lipinski definition) is 2. The lowest BCUT2D eigenvalue weighted by Gasteiger charge is -2.09. The van der Waals surface area contributed by atoms with E-state index in [0.29, 0.717) is 0 Å². The maximum atomic E-state index is 12.3. The molecule has 0 saturated heterocycles. The third-order valence-corrected chi connectivity index (χ3v) is 4.82. The van der Waals surface area contributed by atoms with Crippen LogP contribution >= 0.6 is 11.6 Å². The summed E-state index contributed by atoms with van der Waals surface area (Å²) in [5.74, 6) is -0.686. The van der Waals surface area contributed by atoms with E-state index in [1.165, 1.54) is 43.4 Å². The van der Waals surface area contributed by atoms with Crippen LogP contribution in [0.25, 0.3) is 0 Å². The van der Waals surface area contributed by atoms with Gasteiger partial charge in [0.05, 0.1) is 20.4 Å². The van der Waals surface area contributed by atoms with Crippen molar-refractivity contribution in [3.05, 3.63) is 63.2 Å². The molecule has 0 atom stereocenters. The first kappa shape index (κ1) is 17.9. The minimum atomic E-state index is -3.74. The molecule has 0 spiro atoms. The molecule has 1 amide bonds. The number of sulfonamides is 1. The van der Waals surface area contributed by atoms with Crippen LogP contribution < -0.4 is 10.0 Å². The molecule has 8 nitrogen and oxygen atoms in total. The first-order chi connectivity index (χ1) is 11.2. The van der Waals surface area contributed by atoms with Gasteiger partial charge >= 0.3 is 0 Å². The Morgan fingerprint density at radius 1 is 1.21 bits per heavy atom. The summed E-state index contributed by atoms with van der Waals surface area (Å²) in [4.78, 5) is 22.3. The summed E-state index contributed by atoms with van der Waals surface area (Å²) in [6.07, 6.45) is 0. The topological polar surface area (TPSA) is 118 Å². The van der Waals surface area contributed by atoms with Crippen LogP contribution in [0.1, 0.15) is 10.4 Å². The maximum absolute atomic E-state index is 12.3. The van der Waals surface area contributed by atoms with Gasteiger partial charge in [0.25, 0.3) is 11.6 Å². The number of benzene rings is 2. The van der Waals surface area contributed by atoms with E-state index in [0.717, 1.165) is 6.07 Å². The minimum absolute atomic E-state index is 0.0491. The highest BCUT2D eigenvalue weighted by Crippen LogP contribution is 2.23. The number of non-ortho nitro benzene ring substituents is 1. The number of nitrogens with one attached hydrogen (secondary N) is 2. The Morgan fingerprint density at radius 3 is 2.54 bits per heavy atom. The second kappa shape index (κ2) is 6.95. The standard InChI is InChI=1S/C14H12ClN3O5S/c1-16-24(22,23)11-5-6-13(15)12(8-11)14(19)17-9-3-2-4-10(7-9)18(20)21/h2-8,16H,1H3,(H,17,19). The van der Waals surface area contributed by atoms with Crippen molar-refractivity contribution < 1.29 is 18.1 Å². The zero-order valence-electron chi connectivity index (χ0n) is 12.3. The normalized spacial score (nSPS) is 11.1. The monoisotopic (exact) mass is 369 g/mol. The van der Waals surface area contributed by atoms with E-state index >= 15 is 0 Å². The van der Waals surface area contributed by atoms with Crippen LogP contribution in [-0.4, -0.2) is 26.3 Å². The molecule has 0 radical (unpaired) electrons. The van der Waals surface area contributed by atoms with Gasteiger partial charge in [-0.25, -0.2) is 13.1 Å². The minimum Gasteiger partial charge on any atom is -0.322 e. The Morgan fingerprint density at radius 2 is 1.92 bits per heavy atom. The van der Waals surface area contributed by atoms with Crippen LogP contribution in [0.4, 0.5) is 11.4 Å². The zero-order valence-corrected chi connectivity index (χ0v) is 13.9. The molecule has 10 heteroatoms. The largest absolute Gasteiger partial charge is 0.322 e. The number of carbonyl (C=O) groups excluding carboxylic acids is 1. The highest BCUT2D eigenvalue weighted by atomic mass is 35.5. The Labute approximate surface area is 142 Å². The molecular weight excluding hydrogens is 358 g/mol. The molecule has 0 aromatic heterocycles. The van der Waals surface area contributed by atoms with Crippen LogP contribution in [0.5, 0.6) is 0 Å². The smallest absolute Gasteiger partial charge is 0.271 e. The molecule has 0 heterocycles. The Hall–Kier alpha value is -2.49. The van der Waals surface area contributed by atoms with E-state index in [9.17, 15) is 23.3 Å². The number of nitrogens with zero attached hydrogens (tertiary/aromatic N) is 1. The highest BCUT2D eigenvalue weighted by Gasteiger charge is 2.18. The van der Waals surface area contributed by atoms with E-state index in [4.69, 9.17) is 11.6 Å². The van der Waals surface area contributed by atoms with Gasteiger partial charge in [0.1, 0.15) is 0 Å². The van der Waals surface area contributed by atoms with Gasteiger partial charge in [-0.3, -0.25) is 14.9 Å². The van der Waals surface area contributed by atoms with E-state index in [1.807, 2.05) is 0 Å². The van der Waals surface area contributed by atoms with Crippen molar-refractivity contribution in [2.75, 3.05) is 12.4 Å². The lowest BCUT2D eigenvalue weighted by molar-refractivity contribution is -0.384. The van der Waals surface area contributed by atoms with Crippen molar-refractivity contribution in [2.45, 2.75) is 4.90 Å². The van der Waals surface area contributed by atoms with Crippen molar-refractivity contribution in [1.82, 2.24) is 4.72 Å². The number of hydrogen-bond acceptors (Lipinski definition) is 5. The first-order valence-corrected chi connectivity index (χ1v) is 8.39. The molecule has 0 aliphatic rings. The second-order valence-electron chi connectivity index (χ2n) is 4.61. The van der Waals surface area contributed by atoms with Crippen molar-refractivity contribution >= 4 is 38.9 Å². The van der Waals surface area contributed by atoms with Gasteiger partial charge in [0, 0.05) is 17.8 Å². The fraction of sp³-hybridized carbons (Fsp3) is 0.0714. The number of anilines is 1. The van der Waals surface area contributed by atoms with Crippen LogP contribution in [0, 0.1) is 10.1 Å². The molecular formula is C14H12ClN3O5S.